The Morgan fingerprint density at radius 2 is 1.94 bits per heavy atom. The van der Waals surface area contributed by atoms with Gasteiger partial charge in [0.25, 0.3) is 5.69 Å². The molecule has 0 spiro atoms. The lowest BCUT2D eigenvalue weighted by Gasteiger charge is -1.98. The number of carbonyl (C=O) groups excluding carboxylic acids is 1. The molecule has 83 valence electrons. The Morgan fingerprint density at radius 3 is 2.47 bits per heavy atom. The van der Waals surface area contributed by atoms with Crippen LogP contribution < -0.4 is 0 Å². The van der Waals surface area contributed by atoms with Gasteiger partial charge in [0, 0.05) is 23.9 Å². The minimum Gasteiger partial charge on any atom is -0.287 e. The summed E-state index contributed by atoms with van der Waals surface area (Å²) in [4.78, 5) is 29.0. The molecule has 0 unspecified atom stereocenters. The Hall–Kier alpha value is -2.63. The first-order valence-corrected chi connectivity index (χ1v) is 4.67. The summed E-state index contributed by atoms with van der Waals surface area (Å²) in [5.41, 5.74) is 0.479. The zero-order valence-corrected chi connectivity index (χ0v) is 8.53. The number of hydrogen-bond donors (Lipinski definition) is 0. The van der Waals surface area contributed by atoms with Crippen LogP contribution in [-0.2, 0) is 0 Å². The first-order chi connectivity index (χ1) is 8.18. The number of rotatable bonds is 3. The summed E-state index contributed by atoms with van der Waals surface area (Å²) in [5.74, 6) is -0.321. The molecule has 1 radical (unpaired) electrons. The first-order valence-electron chi connectivity index (χ1n) is 4.67. The second kappa shape index (κ2) is 4.48. The molecule has 6 nitrogen and oxygen atoms in total. The highest BCUT2D eigenvalue weighted by Gasteiger charge is 2.12. The smallest absolute Gasteiger partial charge is 0.269 e. The van der Waals surface area contributed by atoms with Gasteiger partial charge in [0.05, 0.1) is 4.92 Å². The van der Waals surface area contributed by atoms with E-state index in [1.54, 1.807) is 0 Å². The second-order valence-corrected chi connectivity index (χ2v) is 3.17. The molecule has 6 heteroatoms. The lowest BCUT2D eigenvalue weighted by molar-refractivity contribution is -0.384. The van der Waals surface area contributed by atoms with E-state index < -0.39 is 4.92 Å². The number of hydrogen-bond acceptors (Lipinski definition) is 5. The highest BCUT2D eigenvalue weighted by Crippen LogP contribution is 2.14. The third-order valence-corrected chi connectivity index (χ3v) is 2.11. The summed E-state index contributed by atoms with van der Waals surface area (Å²) >= 11 is 0. The summed E-state index contributed by atoms with van der Waals surface area (Å²) in [6.45, 7) is 0. The number of aromatic nitrogens is 2. The molecule has 0 bridgehead atoms. The average Bonchev–Trinajstić information content (AvgIpc) is 2.39. The Bertz CT molecular complexity index is 552. The van der Waals surface area contributed by atoms with E-state index in [2.05, 4.69) is 16.3 Å². The fraction of sp³-hybridized carbons (Fsp3) is 0. The van der Waals surface area contributed by atoms with Gasteiger partial charge in [-0.2, -0.15) is 0 Å². The molecule has 0 atom stereocenters. The largest absolute Gasteiger partial charge is 0.287 e. The van der Waals surface area contributed by atoms with E-state index in [0.29, 0.717) is 5.56 Å². The molecular formula is C11H6N3O3. The van der Waals surface area contributed by atoms with Crippen molar-refractivity contribution in [3.05, 3.63) is 64.2 Å². The molecule has 0 fully saturated rings. The maximum Gasteiger partial charge on any atom is 0.269 e. The SMILES string of the molecule is O=C(c1ccc([N+](=O)[O-])cc1)c1ccn[c]n1. The summed E-state index contributed by atoms with van der Waals surface area (Å²) in [6.07, 6.45) is 3.72. The van der Waals surface area contributed by atoms with Crippen molar-refractivity contribution in [1.29, 1.82) is 0 Å². The summed E-state index contributed by atoms with van der Waals surface area (Å²) in [7, 11) is 0. The Morgan fingerprint density at radius 1 is 1.24 bits per heavy atom. The van der Waals surface area contributed by atoms with E-state index in [1.165, 1.54) is 36.5 Å². The van der Waals surface area contributed by atoms with E-state index in [-0.39, 0.29) is 17.2 Å². The number of nitro benzene ring substituents is 1. The van der Waals surface area contributed by atoms with Crippen molar-refractivity contribution < 1.29 is 9.72 Å². The molecule has 0 aliphatic rings. The van der Waals surface area contributed by atoms with E-state index in [4.69, 9.17) is 0 Å². The standard InChI is InChI=1S/C11H6N3O3/c15-11(10-5-6-12-7-13-10)8-1-3-9(4-2-8)14(16)17/h1-6H. The Kier molecular flexibility index (Phi) is 2.87. The quantitative estimate of drug-likeness (QED) is 0.450. The van der Waals surface area contributed by atoms with Crippen LogP contribution in [0.15, 0.2) is 36.5 Å². The number of non-ortho nitro benzene ring substituents is 1. The van der Waals surface area contributed by atoms with Crippen molar-refractivity contribution >= 4 is 11.5 Å². The Balaban J connectivity index is 2.30. The third-order valence-electron chi connectivity index (χ3n) is 2.11. The minimum atomic E-state index is -0.521. The van der Waals surface area contributed by atoms with Crippen molar-refractivity contribution in [1.82, 2.24) is 9.97 Å². The van der Waals surface area contributed by atoms with Gasteiger partial charge in [-0.05, 0) is 18.2 Å². The van der Waals surface area contributed by atoms with Gasteiger partial charge in [-0.1, -0.05) is 0 Å². The van der Waals surface area contributed by atoms with Crippen LogP contribution in [0, 0.1) is 16.4 Å². The summed E-state index contributed by atoms with van der Waals surface area (Å²) in [6, 6.07) is 6.79. The van der Waals surface area contributed by atoms with Gasteiger partial charge in [0.15, 0.2) is 6.33 Å². The van der Waals surface area contributed by atoms with Crippen molar-refractivity contribution in [2.75, 3.05) is 0 Å². The van der Waals surface area contributed by atoms with E-state index in [9.17, 15) is 14.9 Å². The van der Waals surface area contributed by atoms with Crippen LogP contribution in [0.3, 0.4) is 0 Å². The molecule has 17 heavy (non-hydrogen) atoms. The van der Waals surface area contributed by atoms with E-state index in [0.717, 1.165) is 0 Å². The lowest BCUT2D eigenvalue weighted by Crippen LogP contribution is -2.04. The molecule has 1 aromatic heterocycles. The number of nitro groups is 1. The molecule has 0 aliphatic carbocycles. The first kappa shape index (κ1) is 10.9. The predicted octanol–water partition coefficient (Wildman–Crippen LogP) is 1.42. The van der Waals surface area contributed by atoms with E-state index in [1.807, 2.05) is 0 Å². The van der Waals surface area contributed by atoms with Gasteiger partial charge < -0.3 is 0 Å². The summed E-state index contributed by atoms with van der Waals surface area (Å²) < 4.78 is 0. The highest BCUT2D eigenvalue weighted by atomic mass is 16.6. The second-order valence-electron chi connectivity index (χ2n) is 3.17. The van der Waals surface area contributed by atoms with E-state index >= 15 is 0 Å². The van der Waals surface area contributed by atoms with Gasteiger partial charge in [-0.3, -0.25) is 14.9 Å². The highest BCUT2D eigenvalue weighted by molar-refractivity contribution is 6.07. The van der Waals surface area contributed by atoms with Gasteiger partial charge in [0.1, 0.15) is 5.69 Å². The molecule has 1 aromatic carbocycles. The normalized spacial score (nSPS) is 9.88. The number of benzene rings is 1. The van der Waals surface area contributed by atoms with Crippen LogP contribution >= 0.6 is 0 Å². The fourth-order valence-electron chi connectivity index (χ4n) is 1.27. The van der Waals surface area contributed by atoms with Crippen molar-refractivity contribution in [3.63, 3.8) is 0 Å². The maximum atomic E-state index is 11.8. The molecule has 2 rings (SSSR count). The Labute approximate surface area is 96.1 Å². The van der Waals surface area contributed by atoms with Crippen LogP contribution in [-0.4, -0.2) is 20.7 Å². The molecule has 1 heterocycles. The zero-order valence-electron chi connectivity index (χ0n) is 8.53. The molecule has 0 saturated carbocycles. The lowest BCUT2D eigenvalue weighted by atomic mass is 10.1. The fourth-order valence-corrected chi connectivity index (χ4v) is 1.27. The molecule has 0 N–H and O–H groups in total. The average molecular weight is 228 g/mol. The monoisotopic (exact) mass is 228 g/mol. The molecule has 2 aromatic rings. The number of nitrogens with zero attached hydrogens (tertiary/aromatic N) is 3. The molecular weight excluding hydrogens is 222 g/mol. The molecule has 0 amide bonds. The number of ketones is 1. The summed E-state index contributed by atoms with van der Waals surface area (Å²) in [5, 5.41) is 10.4. The van der Waals surface area contributed by atoms with Crippen LogP contribution in [0.5, 0.6) is 0 Å². The minimum absolute atomic E-state index is 0.0594. The third kappa shape index (κ3) is 2.31. The number of carbonyl (C=O) groups is 1. The zero-order chi connectivity index (χ0) is 12.3. The molecule has 0 aliphatic heterocycles. The maximum absolute atomic E-state index is 11.8. The van der Waals surface area contributed by atoms with Gasteiger partial charge in [-0.25, -0.2) is 9.97 Å². The van der Waals surface area contributed by atoms with Crippen molar-refractivity contribution in [2.45, 2.75) is 0 Å². The van der Waals surface area contributed by atoms with Crippen molar-refractivity contribution in [3.8, 4) is 0 Å². The van der Waals surface area contributed by atoms with Crippen LogP contribution in [0.4, 0.5) is 5.69 Å². The van der Waals surface area contributed by atoms with Crippen LogP contribution in [0.25, 0.3) is 0 Å². The topological polar surface area (TPSA) is 86.0 Å². The van der Waals surface area contributed by atoms with Crippen LogP contribution in [0.2, 0.25) is 0 Å². The van der Waals surface area contributed by atoms with Gasteiger partial charge in [-0.15, -0.1) is 0 Å². The predicted molar refractivity (Wildman–Crippen MR) is 57.4 cm³/mol. The van der Waals surface area contributed by atoms with Crippen LogP contribution in [0.1, 0.15) is 16.1 Å². The van der Waals surface area contributed by atoms with Gasteiger partial charge >= 0.3 is 0 Å². The van der Waals surface area contributed by atoms with Crippen molar-refractivity contribution in [2.24, 2.45) is 0 Å². The van der Waals surface area contributed by atoms with Gasteiger partial charge in [0.2, 0.25) is 5.78 Å². The molecule has 0 saturated heterocycles.